The van der Waals surface area contributed by atoms with Crippen LogP contribution < -0.4 is 11.5 Å². The van der Waals surface area contributed by atoms with Gasteiger partial charge < -0.3 is 11.5 Å². The molecule has 0 bridgehead atoms. The standard InChI is InChI=1S/C18H22N2/c19-16-8-4-6-14(12-16)18(10-2-1-3-11-18)15-7-5-9-17(20)13-15/h4-9,12-13H,1-3,10-11,19-20H2. The molecule has 1 saturated carbocycles. The predicted molar refractivity (Wildman–Crippen MR) is 85.6 cm³/mol. The van der Waals surface area contributed by atoms with Crippen LogP contribution in [0, 0.1) is 0 Å². The molecule has 1 aliphatic carbocycles. The summed E-state index contributed by atoms with van der Waals surface area (Å²) in [6.45, 7) is 0. The molecule has 1 aliphatic rings. The zero-order chi connectivity index (χ0) is 14.0. The quantitative estimate of drug-likeness (QED) is 0.804. The summed E-state index contributed by atoms with van der Waals surface area (Å²) in [6.07, 6.45) is 6.22. The fraction of sp³-hybridized carbons (Fsp3) is 0.333. The topological polar surface area (TPSA) is 52.0 Å². The van der Waals surface area contributed by atoms with Crippen LogP contribution in [0.2, 0.25) is 0 Å². The number of nitrogens with two attached hydrogens (primary N) is 2. The molecule has 0 atom stereocenters. The van der Waals surface area contributed by atoms with Gasteiger partial charge in [0, 0.05) is 16.8 Å². The van der Waals surface area contributed by atoms with E-state index in [1.54, 1.807) is 0 Å². The highest BCUT2D eigenvalue weighted by atomic mass is 14.6. The van der Waals surface area contributed by atoms with Crippen LogP contribution in [0.3, 0.4) is 0 Å². The molecule has 0 saturated heterocycles. The molecular formula is C18H22N2. The fourth-order valence-corrected chi connectivity index (χ4v) is 3.57. The number of anilines is 2. The normalized spacial score (nSPS) is 17.8. The van der Waals surface area contributed by atoms with E-state index in [0.29, 0.717) is 0 Å². The van der Waals surface area contributed by atoms with E-state index in [2.05, 4.69) is 36.4 Å². The molecule has 0 heterocycles. The van der Waals surface area contributed by atoms with Crippen molar-refractivity contribution in [3.8, 4) is 0 Å². The number of hydrogen-bond acceptors (Lipinski definition) is 2. The molecule has 4 N–H and O–H groups in total. The molecule has 1 fully saturated rings. The molecule has 0 spiro atoms. The Labute approximate surface area is 120 Å². The molecule has 2 nitrogen and oxygen atoms in total. The molecular weight excluding hydrogens is 244 g/mol. The average Bonchev–Trinajstić information content (AvgIpc) is 2.48. The van der Waals surface area contributed by atoms with Crippen LogP contribution in [-0.2, 0) is 5.41 Å². The first kappa shape index (κ1) is 13.0. The summed E-state index contributed by atoms with van der Waals surface area (Å²) in [5, 5.41) is 0. The Morgan fingerprint density at radius 1 is 0.700 bits per heavy atom. The van der Waals surface area contributed by atoms with Crippen molar-refractivity contribution in [2.24, 2.45) is 0 Å². The summed E-state index contributed by atoms with van der Waals surface area (Å²) in [5.41, 5.74) is 16.5. The van der Waals surface area contributed by atoms with E-state index in [1.165, 1.54) is 43.2 Å². The lowest BCUT2D eigenvalue weighted by Crippen LogP contribution is -2.30. The van der Waals surface area contributed by atoms with Gasteiger partial charge >= 0.3 is 0 Å². The van der Waals surface area contributed by atoms with Gasteiger partial charge in [-0.1, -0.05) is 43.5 Å². The maximum atomic E-state index is 6.01. The molecule has 2 heteroatoms. The highest BCUT2D eigenvalue weighted by Gasteiger charge is 2.35. The van der Waals surface area contributed by atoms with Crippen LogP contribution >= 0.6 is 0 Å². The van der Waals surface area contributed by atoms with E-state index >= 15 is 0 Å². The zero-order valence-electron chi connectivity index (χ0n) is 11.8. The lowest BCUT2D eigenvalue weighted by Gasteiger charge is -2.39. The number of nitrogen functional groups attached to an aromatic ring is 2. The van der Waals surface area contributed by atoms with Crippen molar-refractivity contribution in [3.05, 3.63) is 59.7 Å². The lowest BCUT2D eigenvalue weighted by molar-refractivity contribution is 0.346. The van der Waals surface area contributed by atoms with Gasteiger partial charge in [-0.25, -0.2) is 0 Å². The largest absolute Gasteiger partial charge is 0.399 e. The van der Waals surface area contributed by atoms with Crippen molar-refractivity contribution in [3.63, 3.8) is 0 Å². The van der Waals surface area contributed by atoms with Gasteiger partial charge in [0.15, 0.2) is 0 Å². The third-order valence-electron chi connectivity index (χ3n) is 4.59. The van der Waals surface area contributed by atoms with Gasteiger partial charge in [0.1, 0.15) is 0 Å². The number of benzene rings is 2. The minimum Gasteiger partial charge on any atom is -0.399 e. The van der Waals surface area contributed by atoms with E-state index in [-0.39, 0.29) is 5.41 Å². The van der Waals surface area contributed by atoms with E-state index in [9.17, 15) is 0 Å². The lowest BCUT2D eigenvalue weighted by atomic mass is 9.65. The zero-order valence-corrected chi connectivity index (χ0v) is 11.8. The van der Waals surface area contributed by atoms with Crippen molar-refractivity contribution in [1.29, 1.82) is 0 Å². The molecule has 0 aromatic heterocycles. The van der Waals surface area contributed by atoms with Crippen molar-refractivity contribution >= 4 is 11.4 Å². The van der Waals surface area contributed by atoms with Crippen molar-refractivity contribution in [1.82, 2.24) is 0 Å². The molecule has 0 amide bonds. The predicted octanol–water partition coefficient (Wildman–Crippen LogP) is 4.10. The van der Waals surface area contributed by atoms with Gasteiger partial charge in [-0.05, 0) is 48.2 Å². The first-order valence-corrected chi connectivity index (χ1v) is 7.43. The second-order valence-corrected chi connectivity index (χ2v) is 5.89. The molecule has 104 valence electrons. The van der Waals surface area contributed by atoms with Gasteiger partial charge in [-0.3, -0.25) is 0 Å². The Balaban J connectivity index is 2.13. The molecule has 0 radical (unpaired) electrons. The van der Waals surface area contributed by atoms with Gasteiger partial charge in [-0.2, -0.15) is 0 Å². The van der Waals surface area contributed by atoms with E-state index in [4.69, 9.17) is 11.5 Å². The molecule has 2 aromatic carbocycles. The Morgan fingerprint density at radius 3 is 1.65 bits per heavy atom. The number of rotatable bonds is 2. The Hall–Kier alpha value is -1.96. The molecule has 0 unspecified atom stereocenters. The van der Waals surface area contributed by atoms with Crippen LogP contribution in [0.15, 0.2) is 48.5 Å². The summed E-state index contributed by atoms with van der Waals surface area (Å²) in [4.78, 5) is 0. The van der Waals surface area contributed by atoms with Gasteiger partial charge in [0.05, 0.1) is 0 Å². The Kier molecular flexibility index (Phi) is 3.39. The Morgan fingerprint density at radius 2 is 1.20 bits per heavy atom. The van der Waals surface area contributed by atoms with Gasteiger partial charge in [0.25, 0.3) is 0 Å². The van der Waals surface area contributed by atoms with Crippen LogP contribution in [0.4, 0.5) is 11.4 Å². The van der Waals surface area contributed by atoms with Crippen LogP contribution in [0.25, 0.3) is 0 Å². The summed E-state index contributed by atoms with van der Waals surface area (Å²) in [6, 6.07) is 16.7. The fourth-order valence-electron chi connectivity index (χ4n) is 3.57. The first-order valence-electron chi connectivity index (χ1n) is 7.43. The van der Waals surface area contributed by atoms with Crippen molar-refractivity contribution < 1.29 is 0 Å². The maximum Gasteiger partial charge on any atom is 0.0317 e. The van der Waals surface area contributed by atoms with Crippen LogP contribution in [0.5, 0.6) is 0 Å². The van der Waals surface area contributed by atoms with E-state index in [1.807, 2.05) is 12.1 Å². The van der Waals surface area contributed by atoms with Crippen molar-refractivity contribution in [2.45, 2.75) is 37.5 Å². The Bertz CT molecular complexity index is 550. The van der Waals surface area contributed by atoms with E-state index in [0.717, 1.165) is 11.4 Å². The second-order valence-electron chi connectivity index (χ2n) is 5.89. The summed E-state index contributed by atoms with van der Waals surface area (Å²) in [7, 11) is 0. The van der Waals surface area contributed by atoms with Gasteiger partial charge in [0.2, 0.25) is 0 Å². The highest BCUT2D eigenvalue weighted by molar-refractivity contribution is 5.51. The minimum absolute atomic E-state index is 0.0863. The van der Waals surface area contributed by atoms with Crippen LogP contribution in [0.1, 0.15) is 43.2 Å². The smallest absolute Gasteiger partial charge is 0.0317 e. The summed E-state index contributed by atoms with van der Waals surface area (Å²) < 4.78 is 0. The summed E-state index contributed by atoms with van der Waals surface area (Å²) >= 11 is 0. The average molecular weight is 266 g/mol. The molecule has 20 heavy (non-hydrogen) atoms. The van der Waals surface area contributed by atoms with Gasteiger partial charge in [-0.15, -0.1) is 0 Å². The monoisotopic (exact) mass is 266 g/mol. The molecule has 0 aliphatic heterocycles. The first-order chi connectivity index (χ1) is 9.71. The third kappa shape index (κ3) is 2.26. The molecule has 2 aromatic rings. The SMILES string of the molecule is Nc1cccc(C2(c3cccc(N)c3)CCCCC2)c1. The van der Waals surface area contributed by atoms with E-state index < -0.39 is 0 Å². The second kappa shape index (κ2) is 5.20. The minimum atomic E-state index is 0.0863. The van der Waals surface area contributed by atoms with Crippen molar-refractivity contribution in [2.75, 3.05) is 11.5 Å². The summed E-state index contributed by atoms with van der Waals surface area (Å²) in [5.74, 6) is 0. The maximum absolute atomic E-state index is 6.01. The van der Waals surface area contributed by atoms with Crippen LogP contribution in [-0.4, -0.2) is 0 Å². The number of hydrogen-bond donors (Lipinski definition) is 2. The third-order valence-corrected chi connectivity index (χ3v) is 4.59. The highest BCUT2D eigenvalue weighted by Crippen LogP contribution is 2.45. The molecule has 3 rings (SSSR count).